The van der Waals surface area contributed by atoms with Gasteiger partial charge in [0.15, 0.2) is 0 Å². The number of carbonyl (C=O) groups excluding carboxylic acids is 1. The molecule has 1 aromatic heterocycles. The summed E-state index contributed by atoms with van der Waals surface area (Å²) >= 11 is 5.85. The van der Waals surface area contributed by atoms with Crippen molar-refractivity contribution < 1.29 is 14.3 Å². The lowest BCUT2D eigenvalue weighted by Gasteiger charge is -2.10. The van der Waals surface area contributed by atoms with Crippen LogP contribution in [0.4, 0.5) is 10.6 Å². The van der Waals surface area contributed by atoms with Crippen LogP contribution in [0.2, 0.25) is 5.28 Å². The van der Waals surface area contributed by atoms with Crippen LogP contribution in [0.25, 0.3) is 6.08 Å². The summed E-state index contributed by atoms with van der Waals surface area (Å²) in [6, 6.07) is 9.53. The molecule has 2 rings (SSSR count). The van der Waals surface area contributed by atoms with Gasteiger partial charge in [-0.15, -0.1) is 0 Å². The molecule has 1 amide bonds. The molecule has 0 fully saturated rings. The van der Waals surface area contributed by atoms with Crippen LogP contribution in [-0.2, 0) is 16.1 Å². The first-order valence-corrected chi connectivity index (χ1v) is 9.06. The Labute approximate surface area is 163 Å². The molecule has 2 aromatic rings. The molecule has 7 nitrogen and oxygen atoms in total. The minimum absolute atomic E-state index is 0.161. The van der Waals surface area contributed by atoms with Crippen LogP contribution in [0.3, 0.4) is 0 Å². The molecular weight excluding hydrogens is 368 g/mol. The minimum Gasteiger partial charge on any atom is -0.501 e. The number of nitrogens with one attached hydrogen (secondary N) is 2. The number of ether oxygens (including phenoxy) is 2. The first-order chi connectivity index (χ1) is 13.2. The first kappa shape index (κ1) is 20.5. The number of aromatic nitrogens is 2. The van der Waals surface area contributed by atoms with Crippen molar-refractivity contribution in [2.45, 2.75) is 20.0 Å². The Bertz CT molecular complexity index is 741. The third kappa shape index (κ3) is 7.96. The number of halogens is 1. The Morgan fingerprint density at radius 3 is 2.85 bits per heavy atom. The number of anilines is 1. The third-order valence-electron chi connectivity index (χ3n) is 3.43. The zero-order valence-corrected chi connectivity index (χ0v) is 15.9. The van der Waals surface area contributed by atoms with Crippen LogP contribution in [0, 0.1) is 0 Å². The second-order valence-electron chi connectivity index (χ2n) is 5.47. The maximum atomic E-state index is 11.7. The second kappa shape index (κ2) is 11.7. The van der Waals surface area contributed by atoms with E-state index in [1.165, 1.54) is 0 Å². The normalized spacial score (nSPS) is 10.6. The van der Waals surface area contributed by atoms with E-state index in [-0.39, 0.29) is 11.9 Å². The Morgan fingerprint density at radius 2 is 2.07 bits per heavy atom. The van der Waals surface area contributed by atoms with Gasteiger partial charge in [-0.1, -0.05) is 30.3 Å². The van der Waals surface area contributed by atoms with Crippen molar-refractivity contribution in [3.05, 3.63) is 59.2 Å². The highest BCUT2D eigenvalue weighted by Gasteiger charge is 2.05. The summed E-state index contributed by atoms with van der Waals surface area (Å²) in [5.74, 6) is 0.609. The number of hydrogen-bond acceptors (Lipinski definition) is 6. The van der Waals surface area contributed by atoms with Gasteiger partial charge in [-0.2, -0.15) is 0 Å². The van der Waals surface area contributed by atoms with E-state index in [0.717, 1.165) is 11.1 Å². The molecule has 0 aliphatic rings. The first-order valence-electron chi connectivity index (χ1n) is 8.68. The topological polar surface area (TPSA) is 85.4 Å². The molecule has 0 saturated heterocycles. The van der Waals surface area contributed by atoms with Gasteiger partial charge in [0.25, 0.3) is 0 Å². The van der Waals surface area contributed by atoms with Gasteiger partial charge >= 0.3 is 6.09 Å². The van der Waals surface area contributed by atoms with Crippen molar-refractivity contribution in [3.8, 4) is 0 Å². The van der Waals surface area contributed by atoms with Crippen LogP contribution in [-0.4, -0.2) is 35.8 Å². The molecule has 2 N–H and O–H groups in total. The van der Waals surface area contributed by atoms with E-state index in [1.54, 1.807) is 18.5 Å². The zero-order valence-electron chi connectivity index (χ0n) is 15.2. The molecule has 0 unspecified atom stereocenters. The third-order valence-corrected chi connectivity index (χ3v) is 3.61. The number of hydrogen-bond donors (Lipinski definition) is 2. The highest BCUT2D eigenvalue weighted by Crippen LogP contribution is 2.15. The van der Waals surface area contributed by atoms with Gasteiger partial charge in [-0.25, -0.2) is 14.8 Å². The summed E-state index contributed by atoms with van der Waals surface area (Å²) in [6.45, 7) is 3.81. The fourth-order valence-electron chi connectivity index (χ4n) is 2.11. The summed E-state index contributed by atoms with van der Waals surface area (Å²) in [5.41, 5.74) is 1.71. The summed E-state index contributed by atoms with van der Waals surface area (Å²) in [4.78, 5) is 19.8. The van der Waals surface area contributed by atoms with Gasteiger partial charge in [0, 0.05) is 24.8 Å². The molecule has 1 heterocycles. The second-order valence-corrected chi connectivity index (χ2v) is 5.81. The molecule has 0 aliphatic heterocycles. The summed E-state index contributed by atoms with van der Waals surface area (Å²) in [5, 5.41) is 6.05. The SMILES string of the molecule is CCOC=Cc1cnc(Cl)nc1NCCCNC(=O)OCc1ccccc1. The van der Waals surface area contributed by atoms with Gasteiger partial charge in [-0.3, -0.25) is 0 Å². The highest BCUT2D eigenvalue weighted by molar-refractivity contribution is 6.28. The molecule has 0 atom stereocenters. The maximum Gasteiger partial charge on any atom is 0.407 e. The Kier molecular flexibility index (Phi) is 8.92. The quantitative estimate of drug-likeness (QED) is 0.364. The van der Waals surface area contributed by atoms with E-state index in [1.807, 2.05) is 37.3 Å². The lowest BCUT2D eigenvalue weighted by Crippen LogP contribution is -2.26. The molecule has 1 aromatic carbocycles. The fourth-order valence-corrected chi connectivity index (χ4v) is 2.24. The number of nitrogens with zero attached hydrogens (tertiary/aromatic N) is 2. The Balaban J connectivity index is 1.69. The summed E-state index contributed by atoms with van der Waals surface area (Å²) in [7, 11) is 0. The largest absolute Gasteiger partial charge is 0.501 e. The monoisotopic (exact) mass is 390 g/mol. The number of amides is 1. The molecule has 144 valence electrons. The lowest BCUT2D eigenvalue weighted by atomic mass is 10.2. The van der Waals surface area contributed by atoms with E-state index in [9.17, 15) is 4.79 Å². The lowest BCUT2D eigenvalue weighted by molar-refractivity contribution is 0.139. The van der Waals surface area contributed by atoms with Crippen LogP contribution < -0.4 is 10.6 Å². The van der Waals surface area contributed by atoms with E-state index in [0.29, 0.717) is 31.9 Å². The smallest absolute Gasteiger partial charge is 0.407 e. The Hall–Kier alpha value is -2.80. The maximum absolute atomic E-state index is 11.7. The van der Waals surface area contributed by atoms with Gasteiger partial charge < -0.3 is 20.1 Å². The van der Waals surface area contributed by atoms with Gasteiger partial charge in [0.1, 0.15) is 12.4 Å². The molecule has 0 saturated carbocycles. The van der Waals surface area contributed by atoms with Crippen LogP contribution in [0.1, 0.15) is 24.5 Å². The van der Waals surface area contributed by atoms with Crippen LogP contribution in [0.15, 0.2) is 42.8 Å². The molecular formula is C19H23ClN4O3. The van der Waals surface area contributed by atoms with Crippen molar-refractivity contribution in [1.29, 1.82) is 0 Å². The predicted molar refractivity (Wildman–Crippen MR) is 105 cm³/mol. The summed E-state index contributed by atoms with van der Waals surface area (Å²) < 4.78 is 10.3. The highest BCUT2D eigenvalue weighted by atomic mass is 35.5. The molecule has 0 radical (unpaired) electrons. The molecule has 0 bridgehead atoms. The zero-order chi connectivity index (χ0) is 19.3. The van der Waals surface area contributed by atoms with E-state index >= 15 is 0 Å². The van der Waals surface area contributed by atoms with Crippen molar-refractivity contribution in [3.63, 3.8) is 0 Å². The van der Waals surface area contributed by atoms with Gasteiger partial charge in [0.05, 0.1) is 12.9 Å². The number of rotatable bonds is 10. The fraction of sp³-hybridized carbons (Fsp3) is 0.316. The van der Waals surface area contributed by atoms with E-state index < -0.39 is 6.09 Å². The summed E-state index contributed by atoms with van der Waals surface area (Å²) in [6.07, 6.45) is 5.22. The van der Waals surface area contributed by atoms with Crippen molar-refractivity contribution in [1.82, 2.24) is 15.3 Å². The van der Waals surface area contributed by atoms with Crippen molar-refractivity contribution in [2.75, 3.05) is 25.0 Å². The number of alkyl carbamates (subject to hydrolysis) is 1. The Morgan fingerprint density at radius 1 is 1.26 bits per heavy atom. The van der Waals surface area contributed by atoms with Crippen molar-refractivity contribution >= 4 is 29.6 Å². The number of carbonyl (C=O) groups is 1. The number of benzene rings is 1. The molecule has 8 heteroatoms. The van der Waals surface area contributed by atoms with E-state index in [2.05, 4.69) is 20.6 Å². The van der Waals surface area contributed by atoms with E-state index in [4.69, 9.17) is 21.1 Å². The standard InChI is InChI=1S/C19H23ClN4O3/c1-2-26-12-9-16-13-23-18(20)24-17(16)21-10-6-11-22-19(25)27-14-15-7-4-3-5-8-15/h3-5,7-9,12-13H,2,6,10-11,14H2,1H3,(H,22,25)(H,21,23,24). The molecule has 27 heavy (non-hydrogen) atoms. The van der Waals surface area contributed by atoms with Crippen LogP contribution in [0.5, 0.6) is 0 Å². The van der Waals surface area contributed by atoms with Crippen molar-refractivity contribution in [2.24, 2.45) is 0 Å². The average molecular weight is 391 g/mol. The predicted octanol–water partition coefficient (Wildman–Crippen LogP) is 3.87. The average Bonchev–Trinajstić information content (AvgIpc) is 2.68. The van der Waals surface area contributed by atoms with Gasteiger partial charge in [-0.05, 0) is 36.6 Å². The van der Waals surface area contributed by atoms with Gasteiger partial charge in [0.2, 0.25) is 5.28 Å². The molecule has 0 aliphatic carbocycles. The van der Waals surface area contributed by atoms with Crippen LogP contribution >= 0.6 is 11.6 Å². The minimum atomic E-state index is -0.440. The molecule has 0 spiro atoms.